The van der Waals surface area contributed by atoms with E-state index >= 15 is 0 Å². The Morgan fingerprint density at radius 1 is 1.17 bits per heavy atom. The summed E-state index contributed by atoms with van der Waals surface area (Å²) in [5, 5.41) is 2.81. The number of aliphatic imine (C=N–C) groups is 1. The number of carbonyl (C=O) groups excluding carboxylic acids is 3. The van der Waals surface area contributed by atoms with E-state index in [1.54, 1.807) is 54.2 Å². The van der Waals surface area contributed by atoms with Gasteiger partial charge in [-0.2, -0.15) is 12.6 Å². The highest BCUT2D eigenvalue weighted by atomic mass is 32.1. The Kier molecular flexibility index (Phi) is 10.4. The number of rotatable bonds is 14. The molecule has 0 unspecified atom stereocenters. The lowest BCUT2D eigenvalue weighted by molar-refractivity contribution is -0.116. The highest BCUT2D eigenvalue weighted by Gasteiger charge is 2.23. The van der Waals surface area contributed by atoms with Crippen molar-refractivity contribution in [3.63, 3.8) is 0 Å². The van der Waals surface area contributed by atoms with Crippen molar-refractivity contribution in [3.05, 3.63) is 35.7 Å². The lowest BCUT2D eigenvalue weighted by Gasteiger charge is -2.20. The zero-order valence-corrected chi connectivity index (χ0v) is 21.8. The second-order valence-electron chi connectivity index (χ2n) is 8.60. The number of methoxy groups -OCH3 is 1. The number of nitrogens with zero attached hydrogens (tertiary/aromatic N) is 3. The predicted molar refractivity (Wildman–Crippen MR) is 144 cm³/mol. The average molecular weight is 515 g/mol. The zero-order chi connectivity index (χ0) is 25.9. The maximum absolute atomic E-state index is 13.0. The number of hydrogen-bond donors (Lipinski definition) is 2. The number of fused-ring (bicyclic) bond motifs is 1. The van der Waals surface area contributed by atoms with Gasteiger partial charge in [0.2, 0.25) is 5.91 Å². The summed E-state index contributed by atoms with van der Waals surface area (Å²) in [6, 6.07) is 5.09. The molecule has 0 saturated heterocycles. The fourth-order valence-electron chi connectivity index (χ4n) is 3.94. The minimum absolute atomic E-state index is 0.0670. The van der Waals surface area contributed by atoms with Crippen molar-refractivity contribution in [1.29, 1.82) is 0 Å². The molecule has 0 atom stereocenters. The fourth-order valence-corrected chi connectivity index (χ4v) is 4.16. The van der Waals surface area contributed by atoms with Crippen LogP contribution in [0.15, 0.2) is 29.4 Å². The Labute approximate surface area is 217 Å². The Hall–Kier alpha value is -3.27. The molecule has 0 fully saturated rings. The largest absolute Gasteiger partial charge is 0.493 e. The van der Waals surface area contributed by atoms with E-state index in [1.807, 2.05) is 0 Å². The van der Waals surface area contributed by atoms with E-state index in [9.17, 15) is 14.4 Å². The molecular formula is C26H34N4O5S. The number of ether oxygens (including phenoxy) is 2. The lowest BCUT2D eigenvalue weighted by atomic mass is 10.1. The van der Waals surface area contributed by atoms with Crippen molar-refractivity contribution in [2.24, 2.45) is 12.0 Å². The van der Waals surface area contributed by atoms with Gasteiger partial charge >= 0.3 is 0 Å². The number of aldehydes is 1. The molecule has 2 amide bonds. The van der Waals surface area contributed by atoms with Crippen molar-refractivity contribution in [3.8, 4) is 11.5 Å². The molecule has 10 heteroatoms. The quantitative estimate of drug-likeness (QED) is 0.222. The van der Waals surface area contributed by atoms with Crippen LogP contribution < -0.4 is 14.8 Å². The number of anilines is 1. The molecule has 0 aliphatic carbocycles. The summed E-state index contributed by atoms with van der Waals surface area (Å²) < 4.78 is 13.1. The number of amides is 2. The Morgan fingerprint density at radius 3 is 2.72 bits per heavy atom. The van der Waals surface area contributed by atoms with Crippen LogP contribution in [-0.4, -0.2) is 66.3 Å². The van der Waals surface area contributed by atoms with Gasteiger partial charge in [0.15, 0.2) is 17.8 Å². The number of aromatic nitrogens is 1. The van der Waals surface area contributed by atoms with Gasteiger partial charge in [-0.3, -0.25) is 19.4 Å². The van der Waals surface area contributed by atoms with E-state index in [4.69, 9.17) is 9.47 Å². The van der Waals surface area contributed by atoms with Crippen LogP contribution in [0.1, 0.15) is 59.4 Å². The van der Waals surface area contributed by atoms with E-state index in [2.05, 4.69) is 22.9 Å². The van der Waals surface area contributed by atoms with Gasteiger partial charge in [0.05, 0.1) is 42.9 Å². The summed E-state index contributed by atoms with van der Waals surface area (Å²) in [7, 11) is 3.30. The van der Waals surface area contributed by atoms with Crippen LogP contribution in [-0.2, 0) is 11.8 Å². The maximum Gasteiger partial charge on any atom is 0.256 e. The molecule has 0 bridgehead atoms. The molecule has 1 aromatic heterocycles. The van der Waals surface area contributed by atoms with E-state index in [-0.39, 0.29) is 11.8 Å². The molecule has 0 saturated carbocycles. The van der Waals surface area contributed by atoms with Crippen molar-refractivity contribution >= 4 is 48.3 Å². The van der Waals surface area contributed by atoms with E-state index in [0.717, 1.165) is 37.7 Å². The number of benzene rings is 1. The van der Waals surface area contributed by atoms with Crippen molar-refractivity contribution < 1.29 is 23.9 Å². The summed E-state index contributed by atoms with van der Waals surface area (Å²) in [6.07, 6.45) is 8.73. The number of thiol groups is 1. The van der Waals surface area contributed by atoms with Crippen molar-refractivity contribution in [2.45, 2.75) is 38.5 Å². The van der Waals surface area contributed by atoms with Gasteiger partial charge in [-0.1, -0.05) is 0 Å². The van der Waals surface area contributed by atoms with Gasteiger partial charge in [0.1, 0.15) is 0 Å². The summed E-state index contributed by atoms with van der Waals surface area (Å²) in [5.74, 6) is 1.67. The predicted octanol–water partition coefficient (Wildman–Crippen LogP) is 4.29. The Bertz CT molecular complexity index is 1100. The van der Waals surface area contributed by atoms with Gasteiger partial charge in [-0.15, -0.1) is 0 Å². The van der Waals surface area contributed by atoms with E-state index in [0.29, 0.717) is 66.7 Å². The molecule has 1 aliphatic rings. The number of aryl methyl sites for hydroxylation is 1. The minimum atomic E-state index is -0.0893. The fraction of sp³-hybridized carbons (Fsp3) is 0.462. The Balaban J connectivity index is 1.47. The number of hydrogen-bond acceptors (Lipinski definition) is 7. The normalized spacial score (nSPS) is 12.8. The molecule has 1 aliphatic heterocycles. The molecule has 9 nitrogen and oxygen atoms in total. The standard InChI is InChI=1S/C26H34N4O5S/c1-29-17-19(14-20(29)18-31)28-25(32)8-4-3-6-12-35-24-16-22-21(15-23(24)34-2)26(33)30(11-9-27-22)10-5-7-13-36/h9,14-18,36H,3-8,10-13H2,1-2H3,(H,28,32). The van der Waals surface area contributed by atoms with E-state index in [1.165, 1.54) is 0 Å². The zero-order valence-electron chi connectivity index (χ0n) is 20.9. The molecule has 3 rings (SSSR count). The van der Waals surface area contributed by atoms with Gasteiger partial charge in [-0.05, 0) is 50.0 Å². The molecule has 1 aromatic carbocycles. The van der Waals surface area contributed by atoms with Crippen molar-refractivity contribution in [1.82, 2.24) is 9.47 Å². The third kappa shape index (κ3) is 7.36. The Morgan fingerprint density at radius 2 is 2.00 bits per heavy atom. The van der Waals surface area contributed by atoms with Crippen LogP contribution in [0.25, 0.3) is 0 Å². The summed E-state index contributed by atoms with van der Waals surface area (Å²) >= 11 is 4.24. The lowest BCUT2D eigenvalue weighted by Crippen LogP contribution is -2.32. The molecule has 2 heterocycles. The third-order valence-corrected chi connectivity index (χ3v) is 6.24. The first-order valence-electron chi connectivity index (χ1n) is 12.2. The summed E-state index contributed by atoms with van der Waals surface area (Å²) in [4.78, 5) is 42.3. The van der Waals surface area contributed by atoms with Crippen LogP contribution in [0.4, 0.5) is 11.4 Å². The SMILES string of the molecule is COc1cc2c(cc1OCCCCCC(=O)Nc1cc(C=O)n(C)c1)N=CCN(CCCCS)C2=O. The second kappa shape index (κ2) is 13.7. The summed E-state index contributed by atoms with van der Waals surface area (Å²) in [5.41, 5.74) is 2.20. The topological polar surface area (TPSA) is 102 Å². The molecule has 194 valence electrons. The number of unbranched alkanes of at least 4 members (excludes halogenated alkanes) is 3. The number of nitrogens with one attached hydrogen (secondary N) is 1. The van der Waals surface area contributed by atoms with Crippen molar-refractivity contribution in [2.75, 3.05) is 37.9 Å². The highest BCUT2D eigenvalue weighted by molar-refractivity contribution is 7.80. The van der Waals surface area contributed by atoms with Crippen LogP contribution >= 0.6 is 12.6 Å². The van der Waals surface area contributed by atoms with Crippen LogP contribution in [0.3, 0.4) is 0 Å². The average Bonchev–Trinajstić information content (AvgIpc) is 3.15. The minimum Gasteiger partial charge on any atom is -0.493 e. The van der Waals surface area contributed by atoms with Crippen LogP contribution in [0.2, 0.25) is 0 Å². The summed E-state index contributed by atoms with van der Waals surface area (Å²) in [6.45, 7) is 1.58. The van der Waals surface area contributed by atoms with Crippen LogP contribution in [0, 0.1) is 0 Å². The van der Waals surface area contributed by atoms with Crippen LogP contribution in [0.5, 0.6) is 11.5 Å². The first-order valence-corrected chi connectivity index (χ1v) is 12.8. The number of carbonyl (C=O) groups is 3. The first-order chi connectivity index (χ1) is 17.5. The van der Waals surface area contributed by atoms with E-state index < -0.39 is 0 Å². The van der Waals surface area contributed by atoms with Gasteiger partial charge in [-0.25, -0.2) is 0 Å². The molecule has 0 radical (unpaired) electrons. The third-order valence-electron chi connectivity index (χ3n) is 5.92. The molecule has 1 N–H and O–H groups in total. The smallest absolute Gasteiger partial charge is 0.256 e. The molecule has 2 aromatic rings. The molecule has 36 heavy (non-hydrogen) atoms. The van der Waals surface area contributed by atoms with Gasteiger partial charge in [0, 0.05) is 38.5 Å². The van der Waals surface area contributed by atoms with Gasteiger partial charge in [0.25, 0.3) is 5.91 Å². The first kappa shape index (κ1) is 27.3. The second-order valence-corrected chi connectivity index (χ2v) is 9.05. The molecule has 0 spiro atoms. The monoisotopic (exact) mass is 514 g/mol. The van der Waals surface area contributed by atoms with Gasteiger partial charge < -0.3 is 24.3 Å². The highest BCUT2D eigenvalue weighted by Crippen LogP contribution is 2.36. The molecular weight excluding hydrogens is 480 g/mol. The maximum atomic E-state index is 13.0.